The number of aryl methyl sites for hydroxylation is 2. The minimum Gasteiger partial charge on any atom is -0.508 e. The zero-order valence-corrected chi connectivity index (χ0v) is 18.4. The monoisotopic (exact) mass is 446 g/mol. The molecule has 0 saturated carbocycles. The predicted molar refractivity (Wildman–Crippen MR) is 116 cm³/mol. The van der Waals surface area contributed by atoms with Crippen LogP contribution in [0.15, 0.2) is 36.4 Å². The molecule has 0 aliphatic carbocycles. The first kappa shape index (κ1) is 23.7. The van der Waals surface area contributed by atoms with Gasteiger partial charge in [0, 0.05) is 12.1 Å². The van der Waals surface area contributed by atoms with Crippen LogP contribution in [0.3, 0.4) is 0 Å². The first-order chi connectivity index (χ1) is 15.5. The van der Waals surface area contributed by atoms with Crippen LogP contribution in [-0.4, -0.2) is 48.2 Å². The van der Waals surface area contributed by atoms with E-state index in [4.69, 9.17) is 24.0 Å². The van der Waals surface area contributed by atoms with Crippen LogP contribution < -0.4 is 9.47 Å². The van der Waals surface area contributed by atoms with Gasteiger partial charge in [0.15, 0.2) is 6.10 Å². The van der Waals surface area contributed by atoms with Gasteiger partial charge in [-0.2, -0.15) is 0 Å². The first-order valence-electron chi connectivity index (χ1n) is 10.9. The number of esters is 1. The summed E-state index contributed by atoms with van der Waals surface area (Å²) in [6.07, 6.45) is 2.69. The van der Waals surface area contributed by atoms with Gasteiger partial charge in [0.25, 0.3) is 0 Å². The Balaban J connectivity index is 0.000000181. The summed E-state index contributed by atoms with van der Waals surface area (Å²) >= 11 is 0. The van der Waals surface area contributed by atoms with Gasteiger partial charge in [0.1, 0.15) is 35.7 Å². The van der Waals surface area contributed by atoms with Crippen molar-refractivity contribution in [3.8, 4) is 23.0 Å². The number of carbonyl (C=O) groups is 1. The van der Waals surface area contributed by atoms with Crippen molar-refractivity contribution in [1.29, 1.82) is 0 Å². The van der Waals surface area contributed by atoms with E-state index in [0.29, 0.717) is 32.0 Å². The molecule has 2 aliphatic heterocycles. The summed E-state index contributed by atoms with van der Waals surface area (Å²) < 4.78 is 16.1. The molecule has 8 nitrogen and oxygen atoms in total. The van der Waals surface area contributed by atoms with Crippen molar-refractivity contribution >= 4 is 5.97 Å². The number of fused-ring (bicyclic) bond motifs is 2. The van der Waals surface area contributed by atoms with Crippen LogP contribution in [0.4, 0.5) is 0 Å². The van der Waals surface area contributed by atoms with E-state index >= 15 is 0 Å². The lowest BCUT2D eigenvalue weighted by Gasteiger charge is -2.25. The minimum atomic E-state index is -0.547. The van der Waals surface area contributed by atoms with E-state index < -0.39 is 6.10 Å². The highest BCUT2D eigenvalue weighted by molar-refractivity contribution is 5.75. The Hall–Kier alpha value is -2.97. The van der Waals surface area contributed by atoms with E-state index in [-0.39, 0.29) is 23.6 Å². The summed E-state index contributed by atoms with van der Waals surface area (Å²) in [7, 11) is 0. The van der Waals surface area contributed by atoms with Crippen LogP contribution in [0.25, 0.3) is 0 Å². The van der Waals surface area contributed by atoms with Crippen LogP contribution in [0.5, 0.6) is 23.0 Å². The van der Waals surface area contributed by atoms with Gasteiger partial charge in [0.2, 0.25) is 0 Å². The molecule has 0 spiro atoms. The second kappa shape index (κ2) is 11.6. The topological polar surface area (TPSA) is 104 Å². The maximum atomic E-state index is 11.5. The van der Waals surface area contributed by atoms with E-state index in [1.165, 1.54) is 6.07 Å². The average Bonchev–Trinajstić information content (AvgIpc) is 2.79. The smallest absolute Gasteiger partial charge is 0.347 e. The molecule has 2 heterocycles. The fraction of sp³-hybridized carbons (Fsp3) is 0.458. The standard InChI is InChI=1S/C12H16O4.C12H14O4/c1-2-14-15-8-11-6-4-9-3-5-10(13)7-12(9)16-11;1-2-15-12(14)10-6-4-8-3-5-9(13)7-11(8)16-10/h3,5,7,11,13H,2,4,6,8H2,1H3;3,5,7,10,13H,2,4,6H2,1H3/t;10-/m.1/s1. The summed E-state index contributed by atoms with van der Waals surface area (Å²) in [6, 6.07) is 10.2. The number of hydrogen-bond donors (Lipinski definition) is 2. The molecule has 0 amide bonds. The summed E-state index contributed by atoms with van der Waals surface area (Å²) in [5, 5.41) is 18.7. The van der Waals surface area contributed by atoms with Crippen LogP contribution in [0.1, 0.15) is 37.8 Å². The molecular formula is C24H30O8. The number of hydrogen-bond acceptors (Lipinski definition) is 8. The highest BCUT2D eigenvalue weighted by atomic mass is 17.2. The fourth-order valence-electron chi connectivity index (χ4n) is 3.50. The predicted octanol–water partition coefficient (Wildman–Crippen LogP) is 3.70. The van der Waals surface area contributed by atoms with Crippen molar-refractivity contribution < 1.29 is 39.0 Å². The summed E-state index contributed by atoms with van der Waals surface area (Å²) in [5.41, 5.74) is 2.14. The van der Waals surface area contributed by atoms with Gasteiger partial charge >= 0.3 is 5.97 Å². The summed E-state index contributed by atoms with van der Waals surface area (Å²) in [5.74, 6) is 1.35. The molecule has 2 aliphatic rings. The Morgan fingerprint density at radius 3 is 2.16 bits per heavy atom. The molecule has 0 fully saturated rings. The molecule has 32 heavy (non-hydrogen) atoms. The zero-order chi connectivity index (χ0) is 22.9. The van der Waals surface area contributed by atoms with E-state index in [2.05, 4.69) is 0 Å². The Labute approximate surface area is 187 Å². The minimum absolute atomic E-state index is 0.000787. The van der Waals surface area contributed by atoms with Gasteiger partial charge in [-0.25, -0.2) is 14.6 Å². The molecule has 2 atom stereocenters. The van der Waals surface area contributed by atoms with E-state index in [9.17, 15) is 15.0 Å². The van der Waals surface area contributed by atoms with E-state index in [1.54, 1.807) is 25.1 Å². The maximum absolute atomic E-state index is 11.5. The Morgan fingerprint density at radius 1 is 0.906 bits per heavy atom. The van der Waals surface area contributed by atoms with Crippen molar-refractivity contribution in [2.75, 3.05) is 19.8 Å². The second-order valence-corrected chi connectivity index (χ2v) is 7.45. The van der Waals surface area contributed by atoms with Gasteiger partial charge < -0.3 is 24.4 Å². The first-order valence-corrected chi connectivity index (χ1v) is 10.9. The zero-order valence-electron chi connectivity index (χ0n) is 18.4. The van der Waals surface area contributed by atoms with Crippen LogP contribution in [0, 0.1) is 0 Å². The molecular weight excluding hydrogens is 416 g/mol. The molecule has 2 aromatic carbocycles. The van der Waals surface area contributed by atoms with Gasteiger partial charge in [0.05, 0.1) is 13.2 Å². The molecule has 2 N–H and O–H groups in total. The van der Waals surface area contributed by atoms with Crippen molar-refractivity contribution in [2.45, 2.75) is 51.7 Å². The highest BCUT2D eigenvalue weighted by Gasteiger charge is 2.27. The van der Waals surface area contributed by atoms with Crippen molar-refractivity contribution in [1.82, 2.24) is 0 Å². The lowest BCUT2D eigenvalue weighted by Crippen LogP contribution is -2.32. The van der Waals surface area contributed by atoms with Gasteiger partial charge in [-0.1, -0.05) is 12.1 Å². The molecule has 0 saturated heterocycles. The Morgan fingerprint density at radius 2 is 1.53 bits per heavy atom. The number of benzene rings is 2. The van der Waals surface area contributed by atoms with E-state index in [1.807, 2.05) is 19.1 Å². The lowest BCUT2D eigenvalue weighted by molar-refractivity contribution is -0.300. The number of phenolic OH excluding ortho intramolecular Hbond substituents is 2. The molecule has 174 valence electrons. The van der Waals surface area contributed by atoms with Crippen molar-refractivity contribution in [2.24, 2.45) is 0 Å². The number of phenols is 2. The third kappa shape index (κ3) is 6.51. The number of carbonyl (C=O) groups excluding carboxylic acids is 1. The van der Waals surface area contributed by atoms with Gasteiger partial charge in [-0.05, 0) is 62.8 Å². The lowest BCUT2D eigenvalue weighted by atomic mass is 10.0. The SMILES string of the molecule is CCOC(=O)[C@H]1CCc2ccc(O)cc2O1.CCOOCC1CCc2ccc(O)cc2O1. The van der Waals surface area contributed by atoms with Gasteiger partial charge in [-0.15, -0.1) is 0 Å². The van der Waals surface area contributed by atoms with Crippen molar-refractivity contribution in [3.05, 3.63) is 47.5 Å². The van der Waals surface area contributed by atoms with Crippen LogP contribution in [-0.2, 0) is 32.1 Å². The molecule has 0 radical (unpaired) electrons. The molecule has 0 bridgehead atoms. The largest absolute Gasteiger partial charge is 0.508 e. The van der Waals surface area contributed by atoms with Crippen molar-refractivity contribution in [3.63, 3.8) is 0 Å². The van der Waals surface area contributed by atoms with Gasteiger partial charge in [-0.3, -0.25) is 0 Å². The average molecular weight is 446 g/mol. The Bertz CT molecular complexity index is 898. The summed E-state index contributed by atoms with van der Waals surface area (Å²) in [4.78, 5) is 21.3. The van der Waals surface area contributed by atoms with Crippen LogP contribution in [0.2, 0.25) is 0 Å². The fourth-order valence-corrected chi connectivity index (χ4v) is 3.50. The summed E-state index contributed by atoms with van der Waals surface area (Å²) in [6.45, 7) is 4.94. The quantitative estimate of drug-likeness (QED) is 0.300. The Kier molecular flexibility index (Phi) is 8.58. The van der Waals surface area contributed by atoms with Crippen LogP contribution >= 0.6 is 0 Å². The normalized spacial score (nSPS) is 18.7. The number of ether oxygens (including phenoxy) is 3. The third-order valence-electron chi connectivity index (χ3n) is 5.08. The molecule has 4 rings (SSSR count). The molecule has 1 unspecified atom stereocenters. The second-order valence-electron chi connectivity index (χ2n) is 7.45. The molecule has 0 aromatic heterocycles. The number of rotatable bonds is 6. The maximum Gasteiger partial charge on any atom is 0.347 e. The molecule has 8 heteroatoms. The highest BCUT2D eigenvalue weighted by Crippen LogP contribution is 2.32. The third-order valence-corrected chi connectivity index (χ3v) is 5.08. The van der Waals surface area contributed by atoms with E-state index in [0.717, 1.165) is 36.1 Å². The number of aromatic hydroxyl groups is 2. The molecule has 2 aromatic rings.